The van der Waals surface area contributed by atoms with E-state index in [-0.39, 0.29) is 34.7 Å². The van der Waals surface area contributed by atoms with E-state index in [9.17, 15) is 15.2 Å². The molecule has 3 aliphatic rings. The molecule has 43 heavy (non-hydrogen) atoms. The highest BCUT2D eigenvalue weighted by Gasteiger charge is 2.39. The van der Waals surface area contributed by atoms with Crippen molar-refractivity contribution < 1.29 is 19.2 Å². The second-order valence-electron chi connectivity index (χ2n) is 10.8. The molecule has 0 radical (unpaired) electrons. The van der Waals surface area contributed by atoms with Crippen LogP contribution >= 0.6 is 0 Å². The number of anilines is 1. The number of likely N-dealkylation sites (N-methyl/N-ethyl adjacent to an activating group) is 1. The Balaban J connectivity index is 1.26. The Morgan fingerprint density at radius 2 is 1.72 bits per heavy atom. The third-order valence-corrected chi connectivity index (χ3v) is 8.64. The minimum atomic E-state index is -0.709. The van der Waals surface area contributed by atoms with Crippen LogP contribution < -0.4 is 10.0 Å². The molecule has 2 aromatic rings. The Kier molecular flexibility index (Phi) is 9.04. The Morgan fingerprint density at radius 3 is 2.30 bits per heavy atom. The number of carbonyl (C=O) groups excluding carboxylic acids is 1. The molecule has 3 aliphatic carbocycles. The van der Waals surface area contributed by atoms with Gasteiger partial charge in [0, 0.05) is 42.1 Å². The first-order valence-electron chi connectivity index (χ1n) is 15.0. The van der Waals surface area contributed by atoms with Gasteiger partial charge in [-0.15, -0.1) is 0 Å². The Morgan fingerprint density at radius 1 is 1.05 bits per heavy atom. The smallest absolute Gasteiger partial charge is 0.314 e. The third-order valence-electron chi connectivity index (χ3n) is 8.64. The molecule has 3 unspecified atom stereocenters. The highest BCUT2D eigenvalue weighted by molar-refractivity contribution is 6.39. The molecule has 0 spiro atoms. The highest BCUT2D eigenvalue weighted by atomic mass is 16.5. The fraction of sp³-hybridized carbons (Fsp3) is 0.333. The third kappa shape index (κ3) is 5.69. The molecule has 0 saturated carbocycles. The fourth-order valence-electron chi connectivity index (χ4n) is 6.25. The summed E-state index contributed by atoms with van der Waals surface area (Å²) in [5.41, 5.74) is 5.94. The molecule has 5 rings (SSSR count). The summed E-state index contributed by atoms with van der Waals surface area (Å²) < 4.78 is 8.49. The lowest BCUT2D eigenvalue weighted by atomic mass is 9.80. The maximum Gasteiger partial charge on any atom is 0.314 e. The van der Waals surface area contributed by atoms with Gasteiger partial charge in [-0.2, -0.15) is 5.26 Å². The number of ketones is 1. The Hall–Kier alpha value is -4.72. The molecule has 2 aromatic carbocycles. The number of rotatable bonds is 10. The van der Waals surface area contributed by atoms with E-state index >= 15 is 0 Å². The molecule has 0 amide bonds. The van der Waals surface area contributed by atoms with Crippen molar-refractivity contribution in [2.24, 2.45) is 0 Å². The number of nitriles is 1. The van der Waals surface area contributed by atoms with E-state index in [1.807, 2.05) is 72.8 Å². The predicted molar refractivity (Wildman–Crippen MR) is 166 cm³/mol. The van der Waals surface area contributed by atoms with Crippen molar-refractivity contribution in [3.05, 3.63) is 118 Å². The van der Waals surface area contributed by atoms with E-state index in [1.165, 1.54) is 0 Å². The fourth-order valence-corrected chi connectivity index (χ4v) is 6.25. The SMILES string of the molecule is [C-]#[N+]C(C#N)C1CC(OCC[N+](CC)=C2C=CC(=C3C(=O)C(c4ccc(N(CC)CC)cc4)=C3[O-])C=C2)c2ccccc21. The topological polar surface area (TPSA) is 83.8 Å². The number of benzene rings is 2. The molecule has 7 heteroatoms. The van der Waals surface area contributed by atoms with Crippen molar-refractivity contribution >= 4 is 22.8 Å². The van der Waals surface area contributed by atoms with Crippen molar-refractivity contribution in [1.29, 1.82) is 5.26 Å². The van der Waals surface area contributed by atoms with Crippen molar-refractivity contribution in [2.75, 3.05) is 37.7 Å². The van der Waals surface area contributed by atoms with E-state index in [0.29, 0.717) is 30.7 Å². The Labute approximate surface area is 253 Å². The number of fused-ring (bicyclic) bond motifs is 1. The second kappa shape index (κ2) is 13.1. The zero-order valence-corrected chi connectivity index (χ0v) is 24.9. The molecule has 0 bridgehead atoms. The summed E-state index contributed by atoms with van der Waals surface area (Å²) in [5.74, 6) is -0.556. The van der Waals surface area contributed by atoms with Gasteiger partial charge < -0.3 is 14.7 Å². The molecule has 0 saturated heterocycles. The van der Waals surface area contributed by atoms with E-state index in [2.05, 4.69) is 41.2 Å². The number of ether oxygens (including phenoxy) is 1. The van der Waals surface area contributed by atoms with Crippen LogP contribution in [-0.2, 0) is 9.53 Å². The van der Waals surface area contributed by atoms with Crippen LogP contribution in [0.25, 0.3) is 10.4 Å². The van der Waals surface area contributed by atoms with Gasteiger partial charge in [-0.25, -0.2) is 11.1 Å². The maximum atomic E-state index is 13.1. The van der Waals surface area contributed by atoms with Gasteiger partial charge in [-0.3, -0.25) is 9.64 Å². The van der Waals surface area contributed by atoms with E-state index in [1.54, 1.807) is 0 Å². The monoisotopic (exact) mass is 572 g/mol. The van der Waals surface area contributed by atoms with Gasteiger partial charge in [0.15, 0.2) is 24.1 Å². The average molecular weight is 573 g/mol. The summed E-state index contributed by atoms with van der Waals surface area (Å²) in [6, 6.07) is 17.0. The van der Waals surface area contributed by atoms with E-state index < -0.39 is 6.04 Å². The van der Waals surface area contributed by atoms with Gasteiger partial charge in [0.05, 0.1) is 12.0 Å². The standard InChI is InChI=1S/C36H36N4O3/c1-5-39(6-2)26-16-12-24(13-17-26)33-35(41)34(36(33)42)25-14-18-27(19-15-25)40(7-3)20-21-43-32-22-30(31(23-37)38-4)28-10-8-9-11-29(28)32/h8-19,30-32H,5-7,20-22H2,1-3H3. The van der Waals surface area contributed by atoms with E-state index in [0.717, 1.165) is 42.2 Å². The van der Waals surface area contributed by atoms with Crippen LogP contribution in [0.5, 0.6) is 0 Å². The summed E-state index contributed by atoms with van der Waals surface area (Å²) >= 11 is 0. The quantitative estimate of drug-likeness (QED) is 0.224. The number of Topliss-reactive ketones (excluding diaryl/α,β-unsaturated/α-hetero) is 1. The first-order chi connectivity index (χ1) is 20.9. The van der Waals surface area contributed by atoms with Crippen LogP contribution in [0.4, 0.5) is 5.69 Å². The highest BCUT2D eigenvalue weighted by Crippen LogP contribution is 2.44. The molecule has 0 N–H and O–H groups in total. The number of hydrogen-bond acceptors (Lipinski definition) is 5. The molecular formula is C36H36N4O3. The summed E-state index contributed by atoms with van der Waals surface area (Å²) in [6.45, 7) is 17.4. The molecule has 0 aromatic heterocycles. The first-order valence-corrected chi connectivity index (χ1v) is 15.0. The minimum absolute atomic E-state index is 0.141. The normalized spacial score (nSPS) is 19.6. The van der Waals surface area contributed by atoms with E-state index in [4.69, 9.17) is 11.3 Å². The number of nitrogens with zero attached hydrogens (tertiary/aromatic N) is 4. The average Bonchev–Trinajstić information content (AvgIpc) is 3.40. The van der Waals surface area contributed by atoms with Gasteiger partial charge in [0.2, 0.25) is 0 Å². The van der Waals surface area contributed by atoms with Gasteiger partial charge in [-0.05, 0) is 73.7 Å². The van der Waals surface area contributed by atoms with Crippen molar-refractivity contribution in [2.45, 2.75) is 45.3 Å². The lowest BCUT2D eigenvalue weighted by molar-refractivity contribution is -0.526. The predicted octanol–water partition coefficient (Wildman–Crippen LogP) is 5.14. The molecule has 7 nitrogen and oxygen atoms in total. The van der Waals surface area contributed by atoms with Crippen LogP contribution in [-0.4, -0.2) is 54.9 Å². The van der Waals surface area contributed by atoms with Crippen LogP contribution in [0.2, 0.25) is 0 Å². The maximum absolute atomic E-state index is 13.1. The number of carbonyl (C=O) groups is 1. The van der Waals surface area contributed by atoms with Crippen LogP contribution in [0.1, 0.15) is 55.9 Å². The van der Waals surface area contributed by atoms with Gasteiger partial charge in [0.1, 0.15) is 13.2 Å². The van der Waals surface area contributed by atoms with Gasteiger partial charge >= 0.3 is 6.04 Å². The molecule has 0 heterocycles. The van der Waals surface area contributed by atoms with Gasteiger partial charge in [-0.1, -0.05) is 42.2 Å². The molecule has 218 valence electrons. The summed E-state index contributed by atoms with van der Waals surface area (Å²) in [6.07, 6.45) is 8.05. The number of hydrogen-bond donors (Lipinski definition) is 0. The largest absolute Gasteiger partial charge is 0.871 e. The lowest BCUT2D eigenvalue weighted by Crippen LogP contribution is -2.30. The van der Waals surface area contributed by atoms with Crippen molar-refractivity contribution in [1.82, 2.24) is 0 Å². The van der Waals surface area contributed by atoms with Crippen LogP contribution in [0.3, 0.4) is 0 Å². The molecule has 3 atom stereocenters. The number of allylic oxidation sites excluding steroid dienone is 7. The molecule has 0 fully saturated rings. The second-order valence-corrected chi connectivity index (χ2v) is 10.8. The molecular weight excluding hydrogens is 536 g/mol. The van der Waals surface area contributed by atoms with Crippen molar-refractivity contribution in [3.63, 3.8) is 0 Å². The lowest BCUT2D eigenvalue weighted by Gasteiger charge is -2.32. The van der Waals surface area contributed by atoms with Crippen LogP contribution in [0.15, 0.2) is 89.7 Å². The summed E-state index contributed by atoms with van der Waals surface area (Å²) in [5, 5.41) is 22.5. The van der Waals surface area contributed by atoms with Crippen LogP contribution in [0, 0.1) is 17.9 Å². The zero-order chi connectivity index (χ0) is 30.5. The molecule has 0 aliphatic heterocycles. The minimum Gasteiger partial charge on any atom is -0.871 e. The first kappa shape index (κ1) is 29.8. The summed E-state index contributed by atoms with van der Waals surface area (Å²) in [4.78, 5) is 18.8. The Bertz CT molecular complexity index is 1610. The van der Waals surface area contributed by atoms with Gasteiger partial charge in [0.25, 0.3) is 0 Å². The zero-order valence-electron chi connectivity index (χ0n) is 24.9. The van der Waals surface area contributed by atoms with Crippen molar-refractivity contribution in [3.8, 4) is 6.07 Å². The summed E-state index contributed by atoms with van der Waals surface area (Å²) in [7, 11) is 0.